The molecular weight excluding hydrogens is 488 g/mol. The molecule has 0 bridgehead atoms. The molecule has 0 heterocycles. The number of nitrogens with one attached hydrogen (secondary N) is 2. The molecule has 3 rings (SSSR count). The molecule has 0 aliphatic heterocycles. The van der Waals surface area contributed by atoms with Crippen LogP contribution in [0, 0.1) is 5.82 Å². The van der Waals surface area contributed by atoms with Gasteiger partial charge in [-0.2, -0.15) is 0 Å². The number of hydrogen-bond donors (Lipinski definition) is 2. The molecule has 1 aromatic carbocycles. The minimum Gasteiger partial charge on any atom is -0.357 e. The Morgan fingerprint density at radius 1 is 1.25 bits per heavy atom. The third-order valence-corrected chi connectivity index (χ3v) is 7.56. The summed E-state index contributed by atoms with van der Waals surface area (Å²) < 4.78 is 25.4. The third-order valence-electron chi connectivity index (χ3n) is 5.82. The monoisotopic (exact) mass is 521 g/mol. The lowest BCUT2D eigenvalue weighted by Gasteiger charge is -2.30. The largest absolute Gasteiger partial charge is 0.357 e. The zero-order valence-electron chi connectivity index (χ0n) is 16.9. The molecule has 3 unspecified atom stereocenters. The Morgan fingerprint density at radius 2 is 1.96 bits per heavy atom. The molecule has 0 aromatic heterocycles. The fourth-order valence-corrected chi connectivity index (χ4v) is 5.33. The summed E-state index contributed by atoms with van der Waals surface area (Å²) in [5, 5.41) is 7.23. The van der Waals surface area contributed by atoms with Gasteiger partial charge in [0.15, 0.2) is 5.96 Å². The van der Waals surface area contributed by atoms with Crippen molar-refractivity contribution in [2.45, 2.75) is 69.1 Å². The number of aliphatic imine (C=N–C) groups is 1. The lowest BCUT2D eigenvalue weighted by molar-refractivity contribution is 0.413. The fourth-order valence-electron chi connectivity index (χ4n) is 3.99. The highest BCUT2D eigenvalue weighted by Gasteiger charge is 2.44. The van der Waals surface area contributed by atoms with Gasteiger partial charge >= 0.3 is 0 Å². The van der Waals surface area contributed by atoms with Gasteiger partial charge in [0.05, 0.1) is 6.54 Å². The van der Waals surface area contributed by atoms with Crippen LogP contribution in [0.15, 0.2) is 29.3 Å². The summed E-state index contributed by atoms with van der Waals surface area (Å²) in [6, 6.07) is 7.20. The molecule has 2 saturated carbocycles. The molecule has 2 fully saturated rings. The van der Waals surface area contributed by atoms with Crippen molar-refractivity contribution in [2.24, 2.45) is 4.99 Å². The highest BCUT2D eigenvalue weighted by atomic mass is 127. The van der Waals surface area contributed by atoms with E-state index in [0.29, 0.717) is 17.8 Å². The van der Waals surface area contributed by atoms with Crippen LogP contribution in [0.2, 0.25) is 0 Å². The Labute approximate surface area is 188 Å². The van der Waals surface area contributed by atoms with Gasteiger partial charge in [-0.15, -0.1) is 24.0 Å². The Morgan fingerprint density at radius 3 is 2.57 bits per heavy atom. The van der Waals surface area contributed by atoms with Gasteiger partial charge in [-0.3, -0.25) is 9.20 Å². The van der Waals surface area contributed by atoms with Gasteiger partial charge in [0.1, 0.15) is 5.82 Å². The van der Waals surface area contributed by atoms with E-state index < -0.39 is 10.8 Å². The van der Waals surface area contributed by atoms with E-state index in [4.69, 9.17) is 4.99 Å². The van der Waals surface area contributed by atoms with E-state index in [9.17, 15) is 8.60 Å². The standard InChI is InChI=1S/C21H32FN3OS.HI/c1-3-23-20(25-18-6-5-7-19(14-18)27(26)4-2)24-15-21(12-13-21)16-8-10-17(22)11-9-16;/h8-11,18-19H,3-7,12-15H2,1-2H3,(H2,23,24,25);1H. The molecule has 0 radical (unpaired) electrons. The van der Waals surface area contributed by atoms with Crippen molar-refractivity contribution in [3.63, 3.8) is 0 Å². The first-order valence-electron chi connectivity index (χ1n) is 10.2. The first-order chi connectivity index (χ1) is 13.1. The molecule has 0 saturated heterocycles. The second-order valence-electron chi connectivity index (χ2n) is 7.78. The van der Waals surface area contributed by atoms with Gasteiger partial charge in [0.2, 0.25) is 0 Å². The van der Waals surface area contributed by atoms with Crippen molar-refractivity contribution >= 4 is 40.7 Å². The number of rotatable bonds is 7. The summed E-state index contributed by atoms with van der Waals surface area (Å²) in [5.41, 5.74) is 1.24. The average molecular weight is 521 g/mol. The second kappa shape index (κ2) is 10.9. The highest BCUT2D eigenvalue weighted by molar-refractivity contribution is 14.0. The van der Waals surface area contributed by atoms with Crippen molar-refractivity contribution in [2.75, 3.05) is 18.8 Å². The maximum Gasteiger partial charge on any atom is 0.191 e. The summed E-state index contributed by atoms with van der Waals surface area (Å²) in [6.45, 7) is 5.60. The van der Waals surface area contributed by atoms with Crippen molar-refractivity contribution in [1.29, 1.82) is 0 Å². The molecule has 0 amide bonds. The van der Waals surface area contributed by atoms with Crippen LogP contribution in [0.1, 0.15) is 57.9 Å². The smallest absolute Gasteiger partial charge is 0.191 e. The molecule has 158 valence electrons. The van der Waals surface area contributed by atoms with Crippen molar-refractivity contribution in [1.82, 2.24) is 10.6 Å². The van der Waals surface area contributed by atoms with Crippen LogP contribution >= 0.6 is 24.0 Å². The van der Waals surface area contributed by atoms with E-state index in [1.807, 2.05) is 19.1 Å². The number of halogens is 2. The van der Waals surface area contributed by atoms with Crippen LogP contribution in [0.5, 0.6) is 0 Å². The molecule has 4 nitrogen and oxygen atoms in total. The van der Waals surface area contributed by atoms with E-state index in [0.717, 1.165) is 56.8 Å². The first kappa shape index (κ1) is 23.6. The summed E-state index contributed by atoms with van der Waals surface area (Å²) in [7, 11) is -0.718. The Bertz CT molecular complexity index is 679. The average Bonchev–Trinajstić information content (AvgIpc) is 3.47. The molecule has 2 N–H and O–H groups in total. The quantitative estimate of drug-likeness (QED) is 0.323. The lowest BCUT2D eigenvalue weighted by atomic mass is 9.95. The first-order valence-corrected chi connectivity index (χ1v) is 11.6. The minimum absolute atomic E-state index is 0. The predicted molar refractivity (Wildman–Crippen MR) is 127 cm³/mol. The summed E-state index contributed by atoms with van der Waals surface area (Å²) in [4.78, 5) is 4.86. The number of hydrogen-bond acceptors (Lipinski definition) is 2. The van der Waals surface area contributed by atoms with Crippen molar-refractivity contribution < 1.29 is 8.60 Å². The maximum atomic E-state index is 13.2. The lowest BCUT2D eigenvalue weighted by Crippen LogP contribution is -2.47. The Balaban J connectivity index is 0.00000280. The molecule has 2 aliphatic carbocycles. The summed E-state index contributed by atoms with van der Waals surface area (Å²) in [6.07, 6.45) is 6.44. The molecule has 28 heavy (non-hydrogen) atoms. The highest BCUT2D eigenvalue weighted by Crippen LogP contribution is 2.48. The summed E-state index contributed by atoms with van der Waals surface area (Å²) >= 11 is 0. The maximum absolute atomic E-state index is 13.2. The van der Waals surface area contributed by atoms with Crippen LogP contribution in [0.25, 0.3) is 0 Å². The molecule has 7 heteroatoms. The van der Waals surface area contributed by atoms with Gasteiger partial charge < -0.3 is 10.6 Å². The molecule has 0 spiro atoms. The van der Waals surface area contributed by atoms with E-state index in [1.54, 1.807) is 12.1 Å². The molecular formula is C21H33FIN3OS. The molecule has 2 aliphatic rings. The topological polar surface area (TPSA) is 53.5 Å². The number of nitrogens with zero attached hydrogens (tertiary/aromatic N) is 1. The normalized spacial score (nSPS) is 24.8. The van der Waals surface area contributed by atoms with Crippen molar-refractivity contribution in [3.8, 4) is 0 Å². The van der Waals surface area contributed by atoms with Crippen molar-refractivity contribution in [3.05, 3.63) is 35.6 Å². The van der Waals surface area contributed by atoms with E-state index in [1.165, 1.54) is 5.56 Å². The predicted octanol–water partition coefficient (Wildman–Crippen LogP) is 4.11. The van der Waals surface area contributed by atoms with E-state index in [-0.39, 0.29) is 35.2 Å². The zero-order valence-corrected chi connectivity index (χ0v) is 20.0. The number of guanidine groups is 1. The van der Waals surface area contributed by atoms with Gasteiger partial charge in [0, 0.05) is 39.8 Å². The van der Waals surface area contributed by atoms with Crippen LogP contribution in [0.3, 0.4) is 0 Å². The fraction of sp³-hybridized carbons (Fsp3) is 0.667. The van der Waals surface area contributed by atoms with Gasteiger partial charge in [0.25, 0.3) is 0 Å². The SMILES string of the molecule is CCNC(=NCC1(c2ccc(F)cc2)CC1)NC1CCCC(S(=O)CC)C1.I. The van der Waals surface area contributed by atoms with Crippen LogP contribution in [0.4, 0.5) is 4.39 Å². The zero-order chi connectivity index (χ0) is 19.3. The summed E-state index contributed by atoms with van der Waals surface area (Å²) in [5.74, 6) is 1.40. The molecule has 3 atom stereocenters. The van der Waals surface area contributed by atoms with Crippen LogP contribution < -0.4 is 10.6 Å². The third kappa shape index (κ3) is 6.15. The van der Waals surface area contributed by atoms with E-state index in [2.05, 4.69) is 17.6 Å². The number of benzene rings is 1. The Hall–Kier alpha value is -0.700. The van der Waals surface area contributed by atoms with Crippen LogP contribution in [-0.2, 0) is 16.2 Å². The Kier molecular flexibility index (Phi) is 9.18. The second-order valence-corrected chi connectivity index (χ2v) is 9.79. The van der Waals surface area contributed by atoms with Gasteiger partial charge in [-0.05, 0) is 56.7 Å². The minimum atomic E-state index is -0.718. The van der Waals surface area contributed by atoms with Crippen LogP contribution in [-0.4, -0.2) is 40.3 Å². The van der Waals surface area contributed by atoms with Gasteiger partial charge in [-0.1, -0.05) is 25.5 Å². The van der Waals surface area contributed by atoms with Gasteiger partial charge in [-0.25, -0.2) is 4.39 Å². The van der Waals surface area contributed by atoms with E-state index >= 15 is 0 Å². The molecule has 1 aromatic rings.